The number of amides is 2. The Morgan fingerprint density at radius 1 is 1.06 bits per heavy atom. The molecule has 6 N–H and O–H groups in total. The van der Waals surface area contributed by atoms with Crippen LogP contribution in [-0.4, -0.2) is 90.7 Å². The van der Waals surface area contributed by atoms with Crippen molar-refractivity contribution in [3.05, 3.63) is 0 Å². The first-order valence-electron chi connectivity index (χ1n) is 12.6. The summed E-state index contributed by atoms with van der Waals surface area (Å²) in [6, 6.07) is 1.11. The monoisotopic (exact) mass is 465 g/mol. The summed E-state index contributed by atoms with van der Waals surface area (Å²) in [5.41, 5.74) is 5.24. The summed E-state index contributed by atoms with van der Waals surface area (Å²) >= 11 is 0. The number of piperazine rings is 1. The van der Waals surface area contributed by atoms with E-state index < -0.39 is 5.60 Å². The van der Waals surface area contributed by atoms with Gasteiger partial charge in [-0.05, 0) is 59.3 Å². The first kappa shape index (κ1) is 24.7. The smallest absolute Gasteiger partial charge is 0.410 e. The second-order valence-corrected chi connectivity index (χ2v) is 11.3. The molecule has 10 nitrogen and oxygen atoms in total. The van der Waals surface area contributed by atoms with Crippen LogP contribution in [0.2, 0.25) is 0 Å². The molecule has 1 saturated carbocycles. The number of hydrogen-bond donors (Lipinski definition) is 5. The van der Waals surface area contributed by atoms with Crippen LogP contribution in [0.25, 0.3) is 0 Å². The lowest BCUT2D eigenvalue weighted by Crippen LogP contribution is -2.74. The molecule has 3 saturated heterocycles. The normalized spacial score (nSPS) is 36.4. The summed E-state index contributed by atoms with van der Waals surface area (Å²) in [4.78, 5) is 28.7. The van der Waals surface area contributed by atoms with E-state index in [1.54, 1.807) is 4.90 Å². The topological polar surface area (TPSA) is 124 Å². The Kier molecular flexibility index (Phi) is 7.50. The molecule has 0 bridgehead atoms. The quantitative estimate of drug-likeness (QED) is 0.383. The molecule has 4 fully saturated rings. The van der Waals surface area contributed by atoms with Gasteiger partial charge >= 0.3 is 6.09 Å². The highest BCUT2D eigenvalue weighted by Gasteiger charge is 2.41. The number of carbonyl (C=O) groups excluding carboxylic acids is 2. The molecule has 6 unspecified atom stereocenters. The van der Waals surface area contributed by atoms with Gasteiger partial charge in [-0.2, -0.15) is 0 Å². The van der Waals surface area contributed by atoms with Crippen LogP contribution >= 0.6 is 0 Å². The Labute approximate surface area is 197 Å². The summed E-state index contributed by atoms with van der Waals surface area (Å²) in [7, 11) is 0. The average Bonchev–Trinajstić information content (AvgIpc) is 3.58. The van der Waals surface area contributed by atoms with Crippen LogP contribution < -0.4 is 27.0 Å². The fourth-order valence-corrected chi connectivity index (χ4v) is 5.37. The molecule has 0 radical (unpaired) electrons. The fourth-order valence-electron chi connectivity index (χ4n) is 5.37. The van der Waals surface area contributed by atoms with Crippen molar-refractivity contribution in [1.29, 1.82) is 0 Å². The highest BCUT2D eigenvalue weighted by molar-refractivity contribution is 5.77. The van der Waals surface area contributed by atoms with Crippen molar-refractivity contribution in [2.45, 2.75) is 89.6 Å². The second kappa shape index (κ2) is 10.0. The minimum absolute atomic E-state index is 0.0929. The lowest BCUT2D eigenvalue weighted by atomic mass is 9.95. The summed E-state index contributed by atoms with van der Waals surface area (Å²) in [6.07, 6.45) is 4.47. The molecule has 188 valence electrons. The van der Waals surface area contributed by atoms with E-state index >= 15 is 0 Å². The van der Waals surface area contributed by atoms with Crippen molar-refractivity contribution < 1.29 is 14.3 Å². The molecule has 1 aliphatic carbocycles. The molecule has 4 aliphatic rings. The molecule has 4 rings (SSSR count). The molecule has 3 heterocycles. The summed E-state index contributed by atoms with van der Waals surface area (Å²) in [6.45, 7) is 11.1. The molecular formula is C23H43N7O3. The highest BCUT2D eigenvalue weighted by Crippen LogP contribution is 2.35. The minimum Gasteiger partial charge on any atom is -0.444 e. The Bertz CT molecular complexity index is 703. The standard InChI is InChI=1S/C23H43N7O3/c1-14-13-29(22(32)33-23(2,3)4)9-10-30(14)21-26-12-17(19(24)31)20(28-21)27-16-7-8-18(25-11-16)15-5-6-15/h14-18,20-21,25-28H,5-13H2,1-4H3,(H2,24,31). The van der Waals surface area contributed by atoms with Crippen molar-refractivity contribution in [3.8, 4) is 0 Å². The summed E-state index contributed by atoms with van der Waals surface area (Å²) in [5, 5.41) is 14.4. The van der Waals surface area contributed by atoms with Gasteiger partial charge in [-0.3, -0.25) is 25.6 Å². The number of carbonyl (C=O) groups is 2. The molecule has 0 aromatic carbocycles. The largest absolute Gasteiger partial charge is 0.444 e. The summed E-state index contributed by atoms with van der Waals surface area (Å²) < 4.78 is 5.54. The van der Waals surface area contributed by atoms with Crippen LogP contribution in [0.5, 0.6) is 0 Å². The third-order valence-electron chi connectivity index (χ3n) is 7.36. The van der Waals surface area contributed by atoms with Gasteiger partial charge in [0, 0.05) is 50.8 Å². The second-order valence-electron chi connectivity index (χ2n) is 11.3. The number of nitrogens with one attached hydrogen (secondary N) is 4. The van der Waals surface area contributed by atoms with Crippen LogP contribution in [-0.2, 0) is 9.53 Å². The zero-order valence-electron chi connectivity index (χ0n) is 20.6. The molecule has 33 heavy (non-hydrogen) atoms. The molecule has 0 aromatic rings. The fraction of sp³-hybridized carbons (Fsp3) is 0.913. The van der Waals surface area contributed by atoms with Gasteiger partial charge in [0.15, 0.2) is 0 Å². The Balaban J connectivity index is 1.32. The maximum atomic E-state index is 12.5. The van der Waals surface area contributed by atoms with Crippen molar-refractivity contribution in [1.82, 2.24) is 31.1 Å². The van der Waals surface area contributed by atoms with E-state index in [0.29, 0.717) is 38.3 Å². The maximum absolute atomic E-state index is 12.5. The van der Waals surface area contributed by atoms with Gasteiger partial charge in [-0.15, -0.1) is 0 Å². The summed E-state index contributed by atoms with van der Waals surface area (Å²) in [5.74, 6) is 0.251. The Hall–Kier alpha value is -1.46. The van der Waals surface area contributed by atoms with E-state index in [1.807, 2.05) is 20.8 Å². The van der Waals surface area contributed by atoms with Gasteiger partial charge in [-0.25, -0.2) is 4.79 Å². The molecule has 0 spiro atoms. The average molecular weight is 466 g/mol. The van der Waals surface area contributed by atoms with Crippen LogP contribution in [0.1, 0.15) is 53.4 Å². The van der Waals surface area contributed by atoms with Gasteiger partial charge in [0.25, 0.3) is 0 Å². The van der Waals surface area contributed by atoms with Crippen LogP contribution in [0, 0.1) is 11.8 Å². The van der Waals surface area contributed by atoms with Gasteiger partial charge in [0.05, 0.1) is 12.1 Å². The molecule has 10 heteroatoms. The van der Waals surface area contributed by atoms with Crippen molar-refractivity contribution in [3.63, 3.8) is 0 Å². The first-order valence-corrected chi connectivity index (χ1v) is 12.6. The van der Waals surface area contributed by atoms with Gasteiger partial charge in [0.1, 0.15) is 11.9 Å². The molecule has 6 atom stereocenters. The third-order valence-corrected chi connectivity index (χ3v) is 7.36. The van der Waals surface area contributed by atoms with Gasteiger partial charge < -0.3 is 20.7 Å². The maximum Gasteiger partial charge on any atom is 0.410 e. The number of hydrogen-bond acceptors (Lipinski definition) is 8. The first-order chi connectivity index (χ1) is 15.6. The Morgan fingerprint density at radius 3 is 2.39 bits per heavy atom. The number of nitrogens with two attached hydrogens (primary N) is 1. The zero-order chi connectivity index (χ0) is 23.8. The Morgan fingerprint density at radius 2 is 1.82 bits per heavy atom. The van der Waals surface area contributed by atoms with Crippen LogP contribution in [0.15, 0.2) is 0 Å². The van der Waals surface area contributed by atoms with Gasteiger partial charge in [0.2, 0.25) is 5.91 Å². The van der Waals surface area contributed by atoms with Crippen LogP contribution in [0.4, 0.5) is 4.79 Å². The molecule has 0 aromatic heterocycles. The number of nitrogens with zero attached hydrogens (tertiary/aromatic N) is 2. The van der Waals surface area contributed by atoms with Gasteiger partial charge in [-0.1, -0.05) is 0 Å². The van der Waals surface area contributed by atoms with E-state index in [0.717, 1.165) is 18.9 Å². The minimum atomic E-state index is -0.501. The van der Waals surface area contributed by atoms with E-state index in [-0.39, 0.29) is 36.4 Å². The van der Waals surface area contributed by atoms with Crippen molar-refractivity contribution >= 4 is 12.0 Å². The molecule has 3 aliphatic heterocycles. The predicted octanol–water partition coefficient (Wildman–Crippen LogP) is -0.0482. The van der Waals surface area contributed by atoms with E-state index in [2.05, 4.69) is 33.1 Å². The van der Waals surface area contributed by atoms with E-state index in [9.17, 15) is 9.59 Å². The number of primary amides is 1. The molecule has 2 amide bonds. The lowest BCUT2D eigenvalue weighted by molar-refractivity contribution is -0.125. The highest BCUT2D eigenvalue weighted by atomic mass is 16.6. The third kappa shape index (κ3) is 6.36. The van der Waals surface area contributed by atoms with E-state index in [1.165, 1.54) is 19.3 Å². The van der Waals surface area contributed by atoms with Crippen molar-refractivity contribution in [2.75, 3.05) is 32.7 Å². The lowest BCUT2D eigenvalue weighted by Gasteiger charge is -2.48. The molecular weight excluding hydrogens is 422 g/mol. The number of ether oxygens (including phenoxy) is 1. The number of piperidine rings is 1. The SMILES string of the molecule is CC1CN(C(=O)OC(C)(C)C)CCN1C1NCC(C(N)=O)C(NC2CCC(C3CC3)NC2)N1. The van der Waals surface area contributed by atoms with Crippen molar-refractivity contribution in [2.24, 2.45) is 17.6 Å². The number of rotatable bonds is 5. The van der Waals surface area contributed by atoms with E-state index in [4.69, 9.17) is 10.5 Å². The van der Waals surface area contributed by atoms with Crippen LogP contribution in [0.3, 0.4) is 0 Å². The predicted molar refractivity (Wildman–Crippen MR) is 126 cm³/mol. The zero-order valence-corrected chi connectivity index (χ0v) is 20.6.